The summed E-state index contributed by atoms with van der Waals surface area (Å²) in [5.74, 6) is 0. The summed E-state index contributed by atoms with van der Waals surface area (Å²) < 4.78 is 10.5. The molecule has 10 heteroatoms. The lowest BCUT2D eigenvalue weighted by atomic mass is 10.1. The van der Waals surface area contributed by atoms with E-state index in [0.717, 1.165) is 29.9 Å². The standard InChI is InChI=1S/C26H23Cl5N3O.BrH/c27-19-6-5-18(23(30)13-19)16-35-26(21-8-7-20(28)14-24(21)31)15-34-12-11-33(17-34)10-9-32-25-4-2-1-3-22(25)29;/h1-8,11-14,17,26,32H,9-10,15-16H2;1H/q+1;/p-1. The van der Waals surface area contributed by atoms with E-state index in [1.807, 2.05) is 61.2 Å². The first-order valence-electron chi connectivity index (χ1n) is 10.9. The molecule has 0 aliphatic rings. The van der Waals surface area contributed by atoms with Crippen LogP contribution in [0.2, 0.25) is 25.1 Å². The molecule has 0 radical (unpaired) electrons. The van der Waals surface area contributed by atoms with Crippen LogP contribution in [0.5, 0.6) is 0 Å². The first-order chi connectivity index (χ1) is 16.9. The highest BCUT2D eigenvalue weighted by Crippen LogP contribution is 2.31. The molecule has 0 bridgehead atoms. The van der Waals surface area contributed by atoms with Gasteiger partial charge in [-0.05, 0) is 42.0 Å². The van der Waals surface area contributed by atoms with E-state index in [1.165, 1.54) is 0 Å². The number of aromatic nitrogens is 2. The second-order valence-electron chi connectivity index (χ2n) is 7.96. The molecular formula is C26H23BrCl5N3O. The van der Waals surface area contributed by atoms with Crippen LogP contribution in [0, 0.1) is 0 Å². The van der Waals surface area contributed by atoms with Crippen molar-refractivity contribution in [3.8, 4) is 0 Å². The van der Waals surface area contributed by atoms with Crippen LogP contribution >= 0.6 is 58.0 Å². The van der Waals surface area contributed by atoms with Gasteiger partial charge in [-0.15, -0.1) is 0 Å². The Morgan fingerprint density at radius 2 is 1.58 bits per heavy atom. The third-order valence-electron chi connectivity index (χ3n) is 5.45. The van der Waals surface area contributed by atoms with Crippen LogP contribution in [-0.2, 0) is 24.4 Å². The molecule has 0 saturated heterocycles. The highest BCUT2D eigenvalue weighted by molar-refractivity contribution is 6.35. The topological polar surface area (TPSA) is 30.1 Å². The minimum absolute atomic E-state index is 0. The zero-order chi connectivity index (χ0) is 24.8. The maximum atomic E-state index is 6.53. The Morgan fingerprint density at radius 3 is 2.31 bits per heavy atom. The molecule has 1 unspecified atom stereocenters. The lowest BCUT2D eigenvalue weighted by molar-refractivity contribution is -0.704. The molecule has 0 aliphatic carbocycles. The summed E-state index contributed by atoms with van der Waals surface area (Å²) in [6.45, 7) is 2.36. The molecule has 4 aromatic rings. The van der Waals surface area contributed by atoms with Crippen molar-refractivity contribution in [2.24, 2.45) is 0 Å². The number of hydrogen-bond acceptors (Lipinski definition) is 2. The monoisotopic (exact) mass is 647 g/mol. The van der Waals surface area contributed by atoms with Crippen LogP contribution in [-0.4, -0.2) is 11.1 Å². The number of benzene rings is 3. The number of rotatable bonds is 10. The Bertz CT molecular complexity index is 1300. The molecule has 190 valence electrons. The quantitative estimate of drug-likeness (QED) is 0.242. The third kappa shape index (κ3) is 8.03. The Labute approximate surface area is 246 Å². The number of hydrogen-bond donors (Lipinski definition) is 1. The maximum absolute atomic E-state index is 6.53. The van der Waals surface area contributed by atoms with Crippen molar-refractivity contribution >= 4 is 63.7 Å². The first-order valence-corrected chi connectivity index (χ1v) is 12.8. The Balaban J connectivity index is 0.00000361. The molecule has 0 aliphatic heterocycles. The van der Waals surface area contributed by atoms with Gasteiger partial charge in [0.1, 0.15) is 31.6 Å². The predicted octanol–water partition coefficient (Wildman–Crippen LogP) is 5.12. The SMILES string of the molecule is Clc1ccc(COC(C[n+]2ccn(CCNc3ccccc3Cl)c2)c2ccc(Cl)cc2Cl)c(Cl)c1.[Br-]. The van der Waals surface area contributed by atoms with E-state index >= 15 is 0 Å². The Kier molecular flexibility index (Phi) is 11.3. The fourth-order valence-electron chi connectivity index (χ4n) is 3.63. The van der Waals surface area contributed by atoms with E-state index in [9.17, 15) is 0 Å². The van der Waals surface area contributed by atoms with Crippen LogP contribution < -0.4 is 26.9 Å². The molecule has 0 saturated carbocycles. The van der Waals surface area contributed by atoms with Gasteiger partial charge in [-0.3, -0.25) is 0 Å². The van der Waals surface area contributed by atoms with Gasteiger partial charge in [-0.2, -0.15) is 0 Å². The van der Waals surface area contributed by atoms with Crippen molar-refractivity contribution in [3.05, 3.63) is 116 Å². The number of imidazole rings is 1. The Hall–Kier alpha value is -1.44. The van der Waals surface area contributed by atoms with Crippen LogP contribution in [0.3, 0.4) is 0 Å². The third-order valence-corrected chi connectivity index (χ3v) is 6.93. The molecule has 1 heterocycles. The van der Waals surface area contributed by atoms with E-state index in [0.29, 0.717) is 38.3 Å². The van der Waals surface area contributed by atoms with E-state index in [1.54, 1.807) is 18.2 Å². The highest BCUT2D eigenvalue weighted by atomic mass is 79.9. The summed E-state index contributed by atoms with van der Waals surface area (Å²) in [4.78, 5) is 0. The van der Waals surface area contributed by atoms with Crippen molar-refractivity contribution in [1.82, 2.24) is 4.57 Å². The average molecular weight is 651 g/mol. The predicted molar refractivity (Wildman–Crippen MR) is 145 cm³/mol. The van der Waals surface area contributed by atoms with Crippen molar-refractivity contribution in [2.45, 2.75) is 25.8 Å². The Morgan fingerprint density at radius 1 is 0.861 bits per heavy atom. The summed E-state index contributed by atoms with van der Waals surface area (Å²) in [6.07, 6.45) is 5.73. The number of nitrogens with one attached hydrogen (secondary N) is 1. The van der Waals surface area contributed by atoms with E-state index < -0.39 is 0 Å². The maximum Gasteiger partial charge on any atom is 0.243 e. The molecule has 1 atom stereocenters. The average Bonchev–Trinajstić information content (AvgIpc) is 3.26. The number of ether oxygens (including phenoxy) is 1. The van der Waals surface area contributed by atoms with Crippen molar-refractivity contribution in [2.75, 3.05) is 11.9 Å². The van der Waals surface area contributed by atoms with Crippen LogP contribution in [0.25, 0.3) is 0 Å². The normalized spacial score (nSPS) is 11.7. The van der Waals surface area contributed by atoms with Crippen molar-refractivity contribution < 1.29 is 26.3 Å². The van der Waals surface area contributed by atoms with Gasteiger partial charge in [0, 0.05) is 25.7 Å². The lowest BCUT2D eigenvalue weighted by Crippen LogP contribution is -3.00. The van der Waals surface area contributed by atoms with E-state index in [2.05, 4.69) is 14.5 Å². The van der Waals surface area contributed by atoms with Gasteiger partial charge in [-0.25, -0.2) is 9.13 Å². The van der Waals surface area contributed by atoms with Gasteiger partial charge in [0.05, 0.1) is 23.9 Å². The molecular weight excluding hydrogens is 627 g/mol. The number of anilines is 1. The summed E-state index contributed by atoms with van der Waals surface area (Å²) in [5.41, 5.74) is 2.61. The molecule has 3 aromatic carbocycles. The van der Waals surface area contributed by atoms with E-state index in [-0.39, 0.29) is 23.1 Å². The minimum atomic E-state index is -0.325. The number of nitrogens with zero attached hydrogens (tertiary/aromatic N) is 2. The second-order valence-corrected chi connectivity index (χ2v) is 10.1. The fourth-order valence-corrected chi connectivity index (χ4v) is 4.82. The zero-order valence-corrected chi connectivity index (χ0v) is 24.3. The fraction of sp³-hybridized carbons (Fsp3) is 0.192. The zero-order valence-electron chi connectivity index (χ0n) is 19.0. The molecule has 4 nitrogen and oxygen atoms in total. The van der Waals surface area contributed by atoms with Gasteiger partial charge in [-0.1, -0.05) is 82.3 Å². The first kappa shape index (κ1) is 29.1. The lowest BCUT2D eigenvalue weighted by Gasteiger charge is -2.19. The van der Waals surface area contributed by atoms with Gasteiger partial charge < -0.3 is 27.0 Å². The summed E-state index contributed by atoms with van der Waals surface area (Å²) in [5, 5.41) is 6.32. The molecule has 1 N–H and O–H groups in total. The van der Waals surface area contributed by atoms with Crippen LogP contribution in [0.4, 0.5) is 5.69 Å². The van der Waals surface area contributed by atoms with Gasteiger partial charge in [0.15, 0.2) is 0 Å². The molecule has 0 amide bonds. The van der Waals surface area contributed by atoms with Crippen LogP contribution in [0.15, 0.2) is 79.4 Å². The molecule has 0 spiro atoms. The summed E-state index contributed by atoms with van der Waals surface area (Å²) >= 11 is 31.2. The highest BCUT2D eigenvalue weighted by Gasteiger charge is 2.20. The van der Waals surface area contributed by atoms with E-state index in [4.69, 9.17) is 62.7 Å². The minimum Gasteiger partial charge on any atom is -1.00 e. The summed E-state index contributed by atoms with van der Waals surface area (Å²) in [7, 11) is 0. The van der Waals surface area contributed by atoms with Crippen molar-refractivity contribution in [3.63, 3.8) is 0 Å². The molecule has 0 fully saturated rings. The van der Waals surface area contributed by atoms with Gasteiger partial charge in [0.2, 0.25) is 6.33 Å². The molecule has 36 heavy (non-hydrogen) atoms. The van der Waals surface area contributed by atoms with Gasteiger partial charge >= 0.3 is 0 Å². The van der Waals surface area contributed by atoms with Gasteiger partial charge in [0.25, 0.3) is 0 Å². The number of halogens is 6. The second kappa shape index (κ2) is 13.9. The van der Waals surface area contributed by atoms with Crippen molar-refractivity contribution in [1.29, 1.82) is 0 Å². The number of para-hydroxylation sites is 1. The van der Waals surface area contributed by atoms with Crippen LogP contribution in [0.1, 0.15) is 17.2 Å². The molecule has 4 rings (SSSR count). The molecule has 1 aromatic heterocycles. The summed E-state index contributed by atoms with van der Waals surface area (Å²) in [6, 6.07) is 18.5. The largest absolute Gasteiger partial charge is 1.00 e. The smallest absolute Gasteiger partial charge is 0.243 e.